The van der Waals surface area contributed by atoms with Gasteiger partial charge in [-0.3, -0.25) is 15.0 Å². The molecule has 0 fully saturated rings. The van der Waals surface area contributed by atoms with E-state index in [1.54, 1.807) is 36.7 Å². The quantitative estimate of drug-likeness (QED) is 0.0212. The van der Waals surface area contributed by atoms with Crippen LogP contribution >= 0.6 is 46.4 Å². The smallest absolute Gasteiger partial charge is 0.260 e. The van der Waals surface area contributed by atoms with Crippen molar-refractivity contribution in [3.8, 4) is 40.1 Å². The molecule has 0 aliphatic rings. The minimum Gasteiger partial charge on any atom is -0.494 e. The molecule has 0 aliphatic carbocycles. The van der Waals surface area contributed by atoms with E-state index in [0.29, 0.717) is 78.0 Å². The van der Waals surface area contributed by atoms with E-state index >= 15 is 0 Å². The fourth-order valence-electron chi connectivity index (χ4n) is 19.1. The van der Waals surface area contributed by atoms with Crippen LogP contribution in [0.4, 0.5) is 0 Å². The van der Waals surface area contributed by atoms with Crippen LogP contribution in [0.3, 0.4) is 0 Å². The summed E-state index contributed by atoms with van der Waals surface area (Å²) in [6.45, 7) is 24.9. The number of nitriles is 1. The molecule has 0 amide bonds. The molecule has 4 aromatic carbocycles. The van der Waals surface area contributed by atoms with Crippen LogP contribution in [-0.4, -0.2) is 55.8 Å². The first-order valence-electron chi connectivity index (χ1n) is 52.1. The Morgan fingerprint density at radius 2 is 0.579 bits per heavy atom. The number of rotatable bonds is 74. The maximum Gasteiger partial charge on any atom is 0.260 e. The topological polar surface area (TPSA) is 108 Å². The third-order valence-corrected chi connectivity index (χ3v) is 28.0. The van der Waals surface area contributed by atoms with Gasteiger partial charge in [-0.1, -0.05) is 486 Å². The number of nitrogens with zero attached hydrogens (tertiary/aromatic N) is 8. The van der Waals surface area contributed by atoms with Gasteiger partial charge >= 0.3 is 0 Å². The number of aromatic nitrogens is 6. The van der Waals surface area contributed by atoms with Gasteiger partial charge in [-0.05, 0) is 96.8 Å². The van der Waals surface area contributed by atoms with E-state index in [1.165, 1.54) is 283 Å². The van der Waals surface area contributed by atoms with Gasteiger partial charge < -0.3 is 18.4 Å². The molecule has 0 unspecified atom stereocenters. The van der Waals surface area contributed by atoms with Crippen molar-refractivity contribution >= 4 is 104 Å². The normalized spacial score (nSPS) is 12.2. The number of ether oxygens (including phenoxy) is 2. The highest BCUT2D eigenvalue weighted by Crippen LogP contribution is 2.41. The average Bonchev–Trinajstić information content (AvgIpc) is 1.53. The fraction of sp³-hybridized carbons (Fsp3) is 0.655. The second kappa shape index (κ2) is 64.7. The van der Waals surface area contributed by atoms with Crippen molar-refractivity contribution in [2.24, 2.45) is 0 Å². The first-order chi connectivity index (χ1) is 62.0. The number of unbranched alkanes of at least 4 members (excludes halogenated alkanes) is 54. The van der Waals surface area contributed by atoms with Crippen LogP contribution in [0, 0.1) is 17.9 Å². The predicted octanol–water partition coefficient (Wildman–Crippen LogP) is 36.0. The summed E-state index contributed by atoms with van der Waals surface area (Å²) >= 11 is 27.5. The van der Waals surface area contributed by atoms with Gasteiger partial charge in [0.15, 0.2) is 0 Å². The van der Waals surface area contributed by atoms with E-state index in [0.717, 1.165) is 183 Å². The summed E-state index contributed by atoms with van der Waals surface area (Å²) in [4.78, 5) is 26.0. The van der Waals surface area contributed by atoms with Crippen molar-refractivity contribution in [1.82, 2.24) is 28.9 Å². The summed E-state index contributed by atoms with van der Waals surface area (Å²) in [6.07, 6.45) is 82.4. The van der Waals surface area contributed by atoms with Crippen molar-refractivity contribution in [3.05, 3.63) is 139 Å². The fourth-order valence-corrected chi connectivity index (χ4v) is 19.8. The van der Waals surface area contributed by atoms with Gasteiger partial charge in [-0.2, -0.15) is 5.26 Å². The Bertz CT molecular complexity index is 4210. The Hall–Kier alpha value is -6.01. The largest absolute Gasteiger partial charge is 0.494 e. The molecule has 0 radical (unpaired) electrons. The molecule has 8 aromatic rings. The van der Waals surface area contributed by atoms with E-state index < -0.39 is 0 Å². The van der Waals surface area contributed by atoms with E-state index in [2.05, 4.69) is 105 Å². The van der Waals surface area contributed by atoms with Crippen LogP contribution in [0.5, 0.6) is 11.5 Å². The summed E-state index contributed by atoms with van der Waals surface area (Å²) in [6, 6.07) is 27.7. The highest BCUT2D eigenvalue weighted by molar-refractivity contribution is 6.59. The second-order valence-corrected chi connectivity index (χ2v) is 38.8. The third kappa shape index (κ3) is 36.6. The van der Waals surface area contributed by atoms with Crippen LogP contribution in [0.25, 0.3) is 71.5 Å². The molecule has 8 rings (SSSR count). The van der Waals surface area contributed by atoms with Crippen LogP contribution in [0.2, 0.25) is 45.4 Å². The molecule has 0 saturated carbocycles. The summed E-state index contributed by atoms with van der Waals surface area (Å²) < 4.78 is 18.8. The van der Waals surface area contributed by atoms with Crippen molar-refractivity contribution < 1.29 is 9.47 Å². The summed E-state index contributed by atoms with van der Waals surface area (Å²) in [5.74, 6) is 1.64. The molecule has 16 heteroatoms. The van der Waals surface area contributed by atoms with Gasteiger partial charge in [-0.25, -0.2) is 9.83 Å². The first-order valence-corrected chi connectivity index (χ1v) is 53.6. The second-order valence-electron chi connectivity index (χ2n) is 37.2. The maximum absolute atomic E-state index is 12.8. The lowest BCUT2D eigenvalue weighted by Gasteiger charge is -2.24. The number of benzene rings is 4. The van der Waals surface area contributed by atoms with Gasteiger partial charge in [0.25, 0.3) is 13.7 Å². The van der Waals surface area contributed by atoms with Crippen LogP contribution < -0.4 is 20.2 Å². The lowest BCUT2D eigenvalue weighted by molar-refractivity contribution is 0.304. The predicted molar refractivity (Wildman–Crippen MR) is 550 cm³/mol. The van der Waals surface area contributed by atoms with Gasteiger partial charge in [0.1, 0.15) is 28.8 Å². The molecule has 0 N–H and O–H groups in total. The van der Waals surface area contributed by atoms with Gasteiger partial charge in [-0.15, -0.1) is 0 Å². The van der Waals surface area contributed by atoms with Crippen molar-refractivity contribution in [2.45, 2.75) is 452 Å². The molecular weight excluding hydrogens is 1630 g/mol. The molecule has 0 aliphatic heterocycles. The molecule has 10 nitrogen and oxygen atoms in total. The Morgan fingerprint density at radius 3 is 0.865 bits per heavy atom. The Morgan fingerprint density at radius 1 is 0.333 bits per heavy atom. The minimum atomic E-state index is -0.0971. The Labute approximate surface area is 786 Å². The molecule has 0 atom stereocenters. The maximum atomic E-state index is 12.8. The first kappa shape index (κ1) is 105. The Balaban J connectivity index is 1.31. The highest BCUT2D eigenvalue weighted by Gasteiger charge is 2.35. The van der Waals surface area contributed by atoms with E-state index in [-0.39, 0.29) is 13.7 Å². The van der Waals surface area contributed by atoms with Gasteiger partial charge in [0, 0.05) is 33.7 Å². The lowest BCUT2D eigenvalue weighted by atomic mass is 9.53. The molecule has 0 bridgehead atoms. The SMILES string of the molecule is [C-]#[N+]/C(c1cnc2cc(Cl)c(Cl)cc2n1)=c1\c2c(-c3ccc(OCCCCCCCCCCCCCCCCCCCC)cc3)n(B(CCCCCCCC)CCCCCCCC)/c(=C(/C#N)c3cnc4cc(Cl)c(Cl)cc4n3)c2c(-c2ccc(OCCCCCCCCCCCCCCCCCCCC)cc2)n1B(CCCCCCCC)CCCCCCCC. The van der Waals surface area contributed by atoms with Crippen molar-refractivity contribution in [1.29, 1.82) is 5.26 Å². The summed E-state index contributed by atoms with van der Waals surface area (Å²) in [7, 11) is 0. The monoisotopic (exact) mass is 1790 g/mol. The minimum absolute atomic E-state index is 0.0947. The van der Waals surface area contributed by atoms with E-state index in [1.807, 2.05) is 0 Å². The zero-order valence-corrected chi connectivity index (χ0v) is 82.8. The lowest BCUT2D eigenvalue weighted by Crippen LogP contribution is -2.38. The number of hydrogen-bond donors (Lipinski definition) is 0. The summed E-state index contributed by atoms with van der Waals surface area (Å²) in [5, 5.41) is 17.6. The van der Waals surface area contributed by atoms with Gasteiger partial charge in [0.2, 0.25) is 5.70 Å². The molecule has 0 spiro atoms. The van der Waals surface area contributed by atoms with E-state index in [4.69, 9.17) is 80.7 Å². The third-order valence-electron chi connectivity index (χ3n) is 26.6. The Kier molecular flexibility index (Phi) is 54.1. The molecule has 126 heavy (non-hydrogen) atoms. The molecule has 4 heterocycles. The number of hydrogen-bond acceptors (Lipinski definition) is 7. The summed E-state index contributed by atoms with van der Waals surface area (Å²) in [5.41, 5.74) is 7.73. The molecule has 4 aromatic heterocycles. The van der Waals surface area contributed by atoms with Crippen LogP contribution in [0.15, 0.2) is 85.2 Å². The van der Waals surface area contributed by atoms with E-state index in [9.17, 15) is 11.8 Å². The highest BCUT2D eigenvalue weighted by atomic mass is 35.5. The average molecular weight is 1790 g/mol. The molecule has 0 saturated heterocycles. The molecular formula is C110H164B2Cl4N8O2. The van der Waals surface area contributed by atoms with Gasteiger partial charge in [0.05, 0.1) is 79.2 Å². The van der Waals surface area contributed by atoms with Crippen LogP contribution in [-0.2, 0) is 0 Å². The standard InChI is InChI=1S/C110H164B2Cl4N8O2/c1-8-14-20-26-32-34-36-38-40-42-44-46-48-50-52-54-60-66-80-125-91-72-68-89(69-73-91)107-104-105(110(106(118-7)103-88-120-99-83-95(114)97(116)85-101(99)122-103)124(107)112(78-64-58-30-24-18-12-5)79-65-59-31-25-19-13-6)108(90-70-74-92(75-71-90)126-81-67-61-55-53-51-49-47-45-43-41-39-37-35-33-27-21-15-9-2)123(111(76-62-56-28-22-16-10-3)77-63-57-29-23-17-11-4)109(104)93(86-117)102-87-119-98-82-94(113)96(115)84-100(98)121-102/h68-75,82-85,87-88H,8-67,76-81H2,1-6H3/b109-93-,110-106+. The number of fused-ring (bicyclic) bond motifs is 3. The van der Waals surface area contributed by atoms with Crippen molar-refractivity contribution in [2.75, 3.05) is 13.2 Å². The molecule has 690 valence electrons. The van der Waals surface area contributed by atoms with Crippen LogP contribution in [0.1, 0.15) is 438 Å². The zero-order chi connectivity index (χ0) is 89.2. The van der Waals surface area contributed by atoms with Crippen molar-refractivity contribution in [3.63, 3.8) is 0 Å². The zero-order valence-electron chi connectivity index (χ0n) is 79.8. The number of halogens is 4.